The van der Waals surface area contributed by atoms with E-state index >= 15 is 0 Å². The molecule has 0 aliphatic heterocycles. The lowest BCUT2D eigenvalue weighted by Crippen LogP contribution is -2.11. The molecule has 6 nitrogen and oxygen atoms in total. The number of fused-ring (bicyclic) bond motifs is 1. The van der Waals surface area contributed by atoms with Gasteiger partial charge in [-0.25, -0.2) is 4.68 Å². The summed E-state index contributed by atoms with van der Waals surface area (Å²) in [6.07, 6.45) is 0. The van der Waals surface area contributed by atoms with Gasteiger partial charge in [0.1, 0.15) is 11.3 Å². The van der Waals surface area contributed by atoms with Crippen molar-refractivity contribution in [2.24, 2.45) is 0 Å². The first-order valence-corrected chi connectivity index (χ1v) is 8.55. The van der Waals surface area contributed by atoms with Gasteiger partial charge in [0, 0.05) is 17.3 Å². The van der Waals surface area contributed by atoms with E-state index in [1.165, 1.54) is 0 Å². The monoisotopic (exact) mass is 358 g/mol. The zero-order valence-electron chi connectivity index (χ0n) is 14.8. The number of amides is 1. The van der Waals surface area contributed by atoms with Gasteiger partial charge in [0.2, 0.25) is 0 Å². The van der Waals surface area contributed by atoms with Crippen LogP contribution in [0, 0.1) is 0 Å². The van der Waals surface area contributed by atoms with Gasteiger partial charge in [-0.1, -0.05) is 41.6 Å². The predicted octanol–water partition coefficient (Wildman–Crippen LogP) is 3.74. The van der Waals surface area contributed by atoms with Crippen LogP contribution in [0.3, 0.4) is 0 Å². The summed E-state index contributed by atoms with van der Waals surface area (Å²) in [5.41, 5.74) is 3.91. The number of benzene rings is 3. The predicted molar refractivity (Wildman–Crippen MR) is 104 cm³/mol. The van der Waals surface area contributed by atoms with E-state index in [1.807, 2.05) is 59.3 Å². The maximum atomic E-state index is 12.5. The Kier molecular flexibility index (Phi) is 4.53. The summed E-state index contributed by atoms with van der Waals surface area (Å²) >= 11 is 0. The Morgan fingerprint density at radius 1 is 1.04 bits per heavy atom. The summed E-state index contributed by atoms with van der Waals surface area (Å²) in [5.74, 6) is 0.481. The molecule has 0 aliphatic rings. The third-order valence-corrected chi connectivity index (χ3v) is 4.28. The molecule has 0 fully saturated rings. The summed E-state index contributed by atoms with van der Waals surface area (Å²) in [6, 6.07) is 22.7. The molecule has 3 aromatic carbocycles. The molecular weight excluding hydrogens is 340 g/mol. The van der Waals surface area contributed by atoms with E-state index in [4.69, 9.17) is 4.74 Å². The van der Waals surface area contributed by atoms with Gasteiger partial charge >= 0.3 is 0 Å². The molecule has 0 spiro atoms. The molecule has 134 valence electrons. The number of ether oxygens (including phenoxy) is 1. The fraction of sp³-hybridized carbons (Fsp3) is 0.0952. The lowest BCUT2D eigenvalue weighted by atomic mass is 10.1. The Morgan fingerprint density at radius 2 is 1.89 bits per heavy atom. The molecule has 6 heteroatoms. The average molecular weight is 358 g/mol. The van der Waals surface area contributed by atoms with Gasteiger partial charge in [0.05, 0.1) is 19.2 Å². The Balaban J connectivity index is 1.55. The number of anilines is 1. The number of carbonyl (C=O) groups excluding carboxylic acids is 1. The van der Waals surface area contributed by atoms with Gasteiger partial charge in [-0.15, -0.1) is 5.10 Å². The standard InChI is InChI=1S/C21H18N4O2/c1-27-18-9-5-8-17(13-18)22-21(26)16-10-11-20-19(12-16)23-24-25(20)14-15-6-3-2-4-7-15/h2-13H,14H2,1H3,(H,22,26). The lowest BCUT2D eigenvalue weighted by molar-refractivity contribution is 0.102. The van der Waals surface area contributed by atoms with E-state index in [2.05, 4.69) is 15.6 Å². The SMILES string of the molecule is COc1cccc(NC(=O)c2ccc3c(c2)nnn3Cc2ccccc2)c1. The lowest BCUT2D eigenvalue weighted by Gasteiger charge is -2.07. The highest BCUT2D eigenvalue weighted by Crippen LogP contribution is 2.19. The second-order valence-electron chi connectivity index (χ2n) is 6.12. The number of hydrogen-bond acceptors (Lipinski definition) is 4. The molecule has 1 N–H and O–H groups in total. The fourth-order valence-electron chi connectivity index (χ4n) is 2.89. The second-order valence-corrected chi connectivity index (χ2v) is 6.12. The third-order valence-electron chi connectivity index (χ3n) is 4.28. The number of carbonyl (C=O) groups is 1. The smallest absolute Gasteiger partial charge is 0.255 e. The molecule has 0 saturated heterocycles. The molecule has 1 aromatic heterocycles. The zero-order valence-corrected chi connectivity index (χ0v) is 14.8. The number of aromatic nitrogens is 3. The molecule has 0 aliphatic carbocycles. The van der Waals surface area contributed by atoms with Crippen molar-refractivity contribution in [1.29, 1.82) is 0 Å². The van der Waals surface area contributed by atoms with Gasteiger partial charge in [0.15, 0.2) is 0 Å². The molecule has 27 heavy (non-hydrogen) atoms. The van der Waals surface area contributed by atoms with Crippen LogP contribution in [0.5, 0.6) is 5.75 Å². The quantitative estimate of drug-likeness (QED) is 0.590. The molecular formula is C21H18N4O2. The Labute approximate surface area is 156 Å². The van der Waals surface area contributed by atoms with E-state index in [1.54, 1.807) is 25.3 Å². The molecule has 4 aromatic rings. The maximum Gasteiger partial charge on any atom is 0.255 e. The molecule has 0 bridgehead atoms. The summed E-state index contributed by atoms with van der Waals surface area (Å²) in [7, 11) is 1.59. The normalized spacial score (nSPS) is 10.7. The van der Waals surface area contributed by atoms with E-state index in [0.29, 0.717) is 29.1 Å². The van der Waals surface area contributed by atoms with Crippen molar-refractivity contribution in [3.8, 4) is 5.75 Å². The molecule has 1 amide bonds. The van der Waals surface area contributed by atoms with Crippen LogP contribution in [0.2, 0.25) is 0 Å². The van der Waals surface area contributed by atoms with Crippen molar-refractivity contribution in [3.63, 3.8) is 0 Å². The first kappa shape index (κ1) is 16.8. The highest BCUT2D eigenvalue weighted by atomic mass is 16.5. The van der Waals surface area contributed by atoms with Crippen molar-refractivity contribution in [2.75, 3.05) is 12.4 Å². The molecule has 1 heterocycles. The molecule has 0 saturated carbocycles. The number of rotatable bonds is 5. The molecule has 0 radical (unpaired) electrons. The Hall–Kier alpha value is -3.67. The minimum Gasteiger partial charge on any atom is -0.497 e. The summed E-state index contributed by atoms with van der Waals surface area (Å²) < 4.78 is 7.01. The van der Waals surface area contributed by atoms with E-state index in [-0.39, 0.29) is 5.91 Å². The topological polar surface area (TPSA) is 69.0 Å². The number of methoxy groups -OCH3 is 1. The summed E-state index contributed by atoms with van der Waals surface area (Å²) in [5, 5.41) is 11.3. The van der Waals surface area contributed by atoms with Crippen LogP contribution in [-0.4, -0.2) is 28.0 Å². The summed E-state index contributed by atoms with van der Waals surface area (Å²) in [6.45, 7) is 0.632. The summed E-state index contributed by atoms with van der Waals surface area (Å²) in [4.78, 5) is 12.5. The Bertz CT molecular complexity index is 1090. The van der Waals surface area contributed by atoms with Gasteiger partial charge < -0.3 is 10.1 Å². The molecule has 0 unspecified atom stereocenters. The van der Waals surface area contributed by atoms with Crippen molar-refractivity contribution in [1.82, 2.24) is 15.0 Å². The number of nitrogens with zero attached hydrogens (tertiary/aromatic N) is 3. The van der Waals surface area contributed by atoms with E-state index < -0.39 is 0 Å². The van der Waals surface area contributed by atoms with Gasteiger partial charge in [0.25, 0.3) is 5.91 Å². The van der Waals surface area contributed by atoms with Crippen LogP contribution in [-0.2, 0) is 6.54 Å². The van der Waals surface area contributed by atoms with Crippen LogP contribution in [0.1, 0.15) is 15.9 Å². The Morgan fingerprint density at radius 3 is 2.70 bits per heavy atom. The van der Waals surface area contributed by atoms with Crippen LogP contribution in [0.25, 0.3) is 11.0 Å². The fourth-order valence-corrected chi connectivity index (χ4v) is 2.89. The van der Waals surface area contributed by atoms with Crippen molar-refractivity contribution >= 4 is 22.6 Å². The van der Waals surface area contributed by atoms with Crippen molar-refractivity contribution in [2.45, 2.75) is 6.54 Å². The van der Waals surface area contributed by atoms with E-state index in [0.717, 1.165) is 11.1 Å². The number of nitrogens with one attached hydrogen (secondary N) is 1. The second kappa shape index (κ2) is 7.29. The average Bonchev–Trinajstić information content (AvgIpc) is 3.11. The number of hydrogen-bond donors (Lipinski definition) is 1. The van der Waals surface area contributed by atoms with Crippen LogP contribution in [0.15, 0.2) is 72.8 Å². The largest absolute Gasteiger partial charge is 0.497 e. The van der Waals surface area contributed by atoms with Gasteiger partial charge in [-0.2, -0.15) is 0 Å². The highest BCUT2D eigenvalue weighted by molar-refractivity contribution is 6.05. The first-order valence-electron chi connectivity index (χ1n) is 8.55. The maximum absolute atomic E-state index is 12.5. The van der Waals surface area contributed by atoms with Gasteiger partial charge in [-0.3, -0.25) is 4.79 Å². The first-order chi connectivity index (χ1) is 13.2. The minimum atomic E-state index is -0.206. The minimum absolute atomic E-state index is 0.206. The van der Waals surface area contributed by atoms with Crippen LogP contribution >= 0.6 is 0 Å². The molecule has 0 atom stereocenters. The third kappa shape index (κ3) is 3.64. The molecule has 4 rings (SSSR count). The van der Waals surface area contributed by atoms with Crippen LogP contribution < -0.4 is 10.1 Å². The van der Waals surface area contributed by atoms with E-state index in [9.17, 15) is 4.79 Å². The van der Waals surface area contributed by atoms with Crippen LogP contribution in [0.4, 0.5) is 5.69 Å². The van der Waals surface area contributed by atoms with Crippen molar-refractivity contribution in [3.05, 3.63) is 83.9 Å². The zero-order chi connectivity index (χ0) is 18.6. The highest BCUT2D eigenvalue weighted by Gasteiger charge is 2.11. The van der Waals surface area contributed by atoms with Crippen molar-refractivity contribution < 1.29 is 9.53 Å². The van der Waals surface area contributed by atoms with Gasteiger partial charge in [-0.05, 0) is 35.9 Å².